The number of rotatable bonds is 6. The fourth-order valence-electron chi connectivity index (χ4n) is 7.33. The highest BCUT2D eigenvalue weighted by Crippen LogP contribution is 2.57. The Morgan fingerprint density at radius 3 is 2.36 bits per heavy atom. The Morgan fingerprint density at radius 2 is 1.69 bits per heavy atom. The maximum absolute atomic E-state index is 14.5. The van der Waals surface area contributed by atoms with Crippen molar-refractivity contribution >= 4 is 17.5 Å². The largest absolute Gasteiger partial charge is 0.338 e. The minimum atomic E-state index is -0.953. The molecule has 3 atom stereocenters. The van der Waals surface area contributed by atoms with E-state index in [2.05, 4.69) is 4.90 Å². The van der Waals surface area contributed by atoms with Crippen LogP contribution in [0.15, 0.2) is 66.7 Å². The number of fused-ring (bicyclic) bond motifs is 2. The summed E-state index contributed by atoms with van der Waals surface area (Å²) in [5, 5.41) is 0. The van der Waals surface area contributed by atoms with Crippen LogP contribution in [0.1, 0.15) is 55.8 Å². The van der Waals surface area contributed by atoms with Gasteiger partial charge >= 0.3 is 0 Å². The predicted octanol–water partition coefficient (Wildman–Crippen LogP) is 5.98. The van der Waals surface area contributed by atoms with Crippen molar-refractivity contribution in [2.45, 2.75) is 50.0 Å². The molecule has 2 amide bonds. The molecule has 2 fully saturated rings. The zero-order valence-corrected chi connectivity index (χ0v) is 24.2. The van der Waals surface area contributed by atoms with Crippen molar-refractivity contribution in [1.82, 2.24) is 9.80 Å². The SMILES string of the molecule is CC(=O)N1CC2(CCN(C[C@@H]3C[C@@]3(C(=O)N(C)[C@@H](C)c3ccccc3)c3ccc(F)c(F)c3)CC2)c2cc(F)ccc21. The topological polar surface area (TPSA) is 43.9 Å². The number of amides is 2. The molecule has 3 aliphatic rings. The van der Waals surface area contributed by atoms with Gasteiger partial charge in [-0.15, -0.1) is 0 Å². The Hall–Kier alpha value is -3.65. The number of likely N-dealkylation sites (tertiary alicyclic amines) is 1. The van der Waals surface area contributed by atoms with Crippen LogP contribution >= 0.6 is 0 Å². The average Bonchev–Trinajstić information content (AvgIpc) is 3.63. The number of carbonyl (C=O) groups excluding carboxylic acids is 2. The fourth-order valence-corrected chi connectivity index (χ4v) is 7.33. The van der Waals surface area contributed by atoms with Gasteiger partial charge in [0.25, 0.3) is 0 Å². The van der Waals surface area contributed by atoms with Gasteiger partial charge in [-0.3, -0.25) is 9.59 Å². The van der Waals surface area contributed by atoms with Crippen LogP contribution in [0, 0.1) is 23.4 Å². The maximum Gasteiger partial charge on any atom is 0.233 e. The van der Waals surface area contributed by atoms with Crippen LogP contribution in [0.5, 0.6) is 0 Å². The molecular formula is C34H36F3N3O2. The summed E-state index contributed by atoms with van der Waals surface area (Å²) < 4.78 is 42.7. The second kappa shape index (κ2) is 10.6. The lowest BCUT2D eigenvalue weighted by molar-refractivity contribution is -0.135. The summed E-state index contributed by atoms with van der Waals surface area (Å²) in [4.78, 5) is 32.4. The molecule has 3 aromatic rings. The highest BCUT2D eigenvalue weighted by Gasteiger charge is 2.62. The molecule has 1 saturated carbocycles. The van der Waals surface area contributed by atoms with E-state index in [9.17, 15) is 22.8 Å². The van der Waals surface area contributed by atoms with E-state index in [1.54, 1.807) is 42.0 Å². The zero-order valence-electron chi connectivity index (χ0n) is 24.2. The third-order valence-corrected chi connectivity index (χ3v) is 10.1. The second-order valence-corrected chi connectivity index (χ2v) is 12.4. The lowest BCUT2D eigenvalue weighted by atomic mass is 9.74. The molecule has 42 heavy (non-hydrogen) atoms. The molecule has 220 valence electrons. The van der Waals surface area contributed by atoms with Crippen molar-refractivity contribution in [1.29, 1.82) is 0 Å². The Kier molecular flexibility index (Phi) is 7.16. The van der Waals surface area contributed by atoms with Crippen LogP contribution in [0.3, 0.4) is 0 Å². The molecule has 8 heteroatoms. The first kappa shape index (κ1) is 28.5. The number of benzene rings is 3. The van der Waals surface area contributed by atoms with Gasteiger partial charge in [0.05, 0.1) is 11.5 Å². The molecule has 1 aliphatic carbocycles. The average molecular weight is 576 g/mol. The molecule has 2 aliphatic heterocycles. The zero-order chi connectivity index (χ0) is 29.8. The first-order valence-electron chi connectivity index (χ1n) is 14.6. The minimum absolute atomic E-state index is 0.0520. The number of carbonyl (C=O) groups is 2. The number of hydrogen-bond acceptors (Lipinski definition) is 3. The van der Waals surface area contributed by atoms with E-state index in [1.165, 1.54) is 12.1 Å². The van der Waals surface area contributed by atoms with E-state index in [1.807, 2.05) is 37.3 Å². The van der Waals surface area contributed by atoms with Crippen molar-refractivity contribution in [3.05, 3.63) is 101 Å². The number of anilines is 1. The van der Waals surface area contributed by atoms with Gasteiger partial charge in [-0.1, -0.05) is 36.4 Å². The number of halogens is 3. The molecule has 1 saturated heterocycles. The monoisotopic (exact) mass is 575 g/mol. The van der Waals surface area contributed by atoms with Gasteiger partial charge in [0.2, 0.25) is 11.8 Å². The van der Waals surface area contributed by atoms with Crippen LogP contribution < -0.4 is 4.90 Å². The molecule has 0 bridgehead atoms. The van der Waals surface area contributed by atoms with E-state index >= 15 is 0 Å². The quantitative estimate of drug-likeness (QED) is 0.363. The van der Waals surface area contributed by atoms with Crippen LogP contribution in [0.25, 0.3) is 0 Å². The Labute approximate surface area is 244 Å². The van der Waals surface area contributed by atoms with Crippen molar-refractivity contribution in [3.63, 3.8) is 0 Å². The summed E-state index contributed by atoms with van der Waals surface area (Å²) in [6, 6.07) is 18.1. The van der Waals surface area contributed by atoms with Crippen molar-refractivity contribution in [2.24, 2.45) is 5.92 Å². The summed E-state index contributed by atoms with van der Waals surface area (Å²) in [6.45, 7) is 6.16. The number of hydrogen-bond donors (Lipinski definition) is 0. The lowest BCUT2D eigenvalue weighted by Crippen LogP contribution is -2.47. The van der Waals surface area contributed by atoms with Crippen molar-refractivity contribution in [3.8, 4) is 0 Å². The fraction of sp³-hybridized carbons (Fsp3) is 0.412. The van der Waals surface area contributed by atoms with Crippen molar-refractivity contribution in [2.75, 3.05) is 38.1 Å². The van der Waals surface area contributed by atoms with E-state index < -0.39 is 17.0 Å². The minimum Gasteiger partial charge on any atom is -0.338 e. The third-order valence-electron chi connectivity index (χ3n) is 10.1. The molecule has 0 radical (unpaired) electrons. The standard InChI is InChI=1S/C34H36F3N3O2/c1-22(24-7-5-4-6-8-24)38(3)32(42)34(25-9-11-29(36)30(37)17-25)19-26(34)20-39-15-13-33(14-16-39)21-40(23(2)41)31-12-10-27(35)18-28(31)33/h4-12,17-18,22,26H,13-16,19-21H2,1-3H3/t22-,26-,34+/m0/s1. The molecule has 2 heterocycles. The molecule has 5 nitrogen and oxygen atoms in total. The normalized spacial score (nSPS) is 23.5. The van der Waals surface area contributed by atoms with E-state index in [4.69, 9.17) is 0 Å². The van der Waals surface area contributed by atoms with Gasteiger partial charge in [0, 0.05) is 38.2 Å². The maximum atomic E-state index is 14.5. The number of piperidine rings is 1. The summed E-state index contributed by atoms with van der Waals surface area (Å²) in [5.74, 6) is -2.40. The van der Waals surface area contributed by atoms with E-state index in [0.29, 0.717) is 25.1 Å². The van der Waals surface area contributed by atoms with E-state index in [0.717, 1.165) is 48.8 Å². The van der Waals surface area contributed by atoms with Crippen LogP contribution in [-0.4, -0.2) is 54.8 Å². The van der Waals surface area contributed by atoms with Gasteiger partial charge in [0.1, 0.15) is 5.82 Å². The predicted molar refractivity (Wildman–Crippen MR) is 156 cm³/mol. The molecule has 0 N–H and O–H groups in total. The van der Waals surface area contributed by atoms with Gasteiger partial charge in [0.15, 0.2) is 11.6 Å². The molecule has 3 aromatic carbocycles. The second-order valence-electron chi connectivity index (χ2n) is 12.4. The van der Waals surface area contributed by atoms with Crippen LogP contribution in [0.2, 0.25) is 0 Å². The molecule has 6 rings (SSSR count). The van der Waals surface area contributed by atoms with Crippen LogP contribution in [0.4, 0.5) is 18.9 Å². The molecule has 1 spiro atoms. The van der Waals surface area contributed by atoms with Gasteiger partial charge in [-0.25, -0.2) is 13.2 Å². The summed E-state index contributed by atoms with van der Waals surface area (Å²) in [7, 11) is 1.78. The number of nitrogens with zero attached hydrogens (tertiary/aromatic N) is 3. The first-order valence-corrected chi connectivity index (χ1v) is 14.6. The Morgan fingerprint density at radius 1 is 0.976 bits per heavy atom. The molecule has 0 aromatic heterocycles. The third kappa shape index (κ3) is 4.70. The van der Waals surface area contributed by atoms with Crippen molar-refractivity contribution < 1.29 is 22.8 Å². The Bertz CT molecular complexity index is 1520. The summed E-state index contributed by atoms with van der Waals surface area (Å²) >= 11 is 0. The first-order chi connectivity index (χ1) is 20.1. The van der Waals surface area contributed by atoms with E-state index in [-0.39, 0.29) is 35.0 Å². The highest BCUT2D eigenvalue weighted by atomic mass is 19.2. The van der Waals surface area contributed by atoms with Gasteiger partial charge in [-0.05, 0) is 92.2 Å². The molecule has 0 unspecified atom stereocenters. The Balaban J connectivity index is 1.22. The lowest BCUT2D eigenvalue weighted by Gasteiger charge is -2.40. The van der Waals surface area contributed by atoms with Gasteiger partial charge < -0.3 is 14.7 Å². The summed E-state index contributed by atoms with van der Waals surface area (Å²) in [5.41, 5.74) is 1.96. The highest BCUT2D eigenvalue weighted by molar-refractivity contribution is 5.95. The summed E-state index contributed by atoms with van der Waals surface area (Å²) in [6.07, 6.45) is 2.07. The molecular weight excluding hydrogens is 539 g/mol. The number of likely N-dealkylation sites (N-methyl/N-ethyl adjacent to an activating group) is 1. The smallest absolute Gasteiger partial charge is 0.233 e. The van der Waals surface area contributed by atoms with Gasteiger partial charge in [-0.2, -0.15) is 0 Å². The van der Waals surface area contributed by atoms with Crippen LogP contribution in [-0.2, 0) is 20.4 Å².